The van der Waals surface area contributed by atoms with Gasteiger partial charge in [-0.2, -0.15) is 0 Å². The molecule has 7 nitrogen and oxygen atoms in total. The quantitative estimate of drug-likeness (QED) is 0.574. The molecule has 1 unspecified atom stereocenters. The van der Waals surface area contributed by atoms with Gasteiger partial charge >= 0.3 is 0 Å². The lowest BCUT2D eigenvalue weighted by molar-refractivity contribution is -0.387. The van der Waals surface area contributed by atoms with Crippen molar-refractivity contribution in [2.45, 2.75) is 35.0 Å². The van der Waals surface area contributed by atoms with E-state index >= 15 is 0 Å². The number of thiazole rings is 1. The maximum absolute atomic E-state index is 12.4. The zero-order valence-electron chi connectivity index (χ0n) is 14.1. The standard InChI is InChI=1S/C16H18N4O3S2.ClH/c1-10-9-24-16(18-10)25-14-5-4-11(7-13(14)20(22)23)15(21)19-12-3-2-6-17-8-12;/h4-5,7,9,12,17H,2-3,6,8H2,1H3,(H,19,21);1H. The number of halogens is 1. The molecule has 0 saturated carbocycles. The number of nitrogens with zero attached hydrogens (tertiary/aromatic N) is 2. The van der Waals surface area contributed by atoms with Crippen LogP contribution in [0.25, 0.3) is 0 Å². The zero-order chi connectivity index (χ0) is 17.8. The molecule has 2 aromatic rings. The van der Waals surface area contributed by atoms with E-state index in [-0.39, 0.29) is 30.0 Å². The van der Waals surface area contributed by atoms with Gasteiger partial charge in [-0.05, 0) is 38.4 Å². The van der Waals surface area contributed by atoms with Crippen molar-refractivity contribution in [3.63, 3.8) is 0 Å². The average Bonchev–Trinajstić information content (AvgIpc) is 3.00. The van der Waals surface area contributed by atoms with Gasteiger partial charge in [0.2, 0.25) is 0 Å². The van der Waals surface area contributed by atoms with Gasteiger partial charge in [-0.25, -0.2) is 4.98 Å². The Hall–Kier alpha value is -1.68. The second kappa shape index (κ2) is 9.31. The summed E-state index contributed by atoms with van der Waals surface area (Å²) in [5, 5.41) is 19.5. The number of benzene rings is 1. The lowest BCUT2D eigenvalue weighted by Gasteiger charge is -2.23. The second-order valence-electron chi connectivity index (χ2n) is 5.81. The lowest BCUT2D eigenvalue weighted by Crippen LogP contribution is -2.45. The van der Waals surface area contributed by atoms with Crippen LogP contribution in [0.4, 0.5) is 5.69 Å². The van der Waals surface area contributed by atoms with Gasteiger partial charge in [0.15, 0.2) is 4.34 Å². The van der Waals surface area contributed by atoms with Crippen molar-refractivity contribution in [1.29, 1.82) is 0 Å². The highest BCUT2D eigenvalue weighted by atomic mass is 35.5. The van der Waals surface area contributed by atoms with Gasteiger partial charge in [0.05, 0.1) is 9.82 Å². The van der Waals surface area contributed by atoms with Crippen LogP contribution in [-0.4, -0.2) is 34.9 Å². The largest absolute Gasteiger partial charge is 0.348 e. The number of carbonyl (C=O) groups is 1. The van der Waals surface area contributed by atoms with Crippen molar-refractivity contribution in [1.82, 2.24) is 15.6 Å². The summed E-state index contributed by atoms with van der Waals surface area (Å²) >= 11 is 2.69. The van der Waals surface area contributed by atoms with Crippen LogP contribution in [0, 0.1) is 17.0 Å². The van der Waals surface area contributed by atoms with E-state index in [1.807, 2.05) is 12.3 Å². The van der Waals surface area contributed by atoms with Crippen molar-refractivity contribution in [2.24, 2.45) is 0 Å². The molecule has 1 aromatic heterocycles. The minimum atomic E-state index is -0.457. The minimum Gasteiger partial charge on any atom is -0.348 e. The smallest absolute Gasteiger partial charge is 0.284 e. The van der Waals surface area contributed by atoms with Crippen LogP contribution < -0.4 is 10.6 Å². The van der Waals surface area contributed by atoms with E-state index in [1.54, 1.807) is 12.1 Å². The predicted octanol–water partition coefficient (Wildman–Crippen LogP) is 3.41. The Kier molecular flexibility index (Phi) is 7.39. The summed E-state index contributed by atoms with van der Waals surface area (Å²) in [6.45, 7) is 3.56. The van der Waals surface area contributed by atoms with E-state index in [1.165, 1.54) is 29.2 Å². The number of carbonyl (C=O) groups excluding carboxylic acids is 1. The normalized spacial score (nSPS) is 16.6. The number of nitro benzene ring substituents is 1. The molecule has 1 atom stereocenters. The summed E-state index contributed by atoms with van der Waals surface area (Å²) in [6, 6.07) is 4.65. The Balaban J connectivity index is 0.00000243. The molecular formula is C16H19ClN4O3S2. The van der Waals surface area contributed by atoms with E-state index in [2.05, 4.69) is 15.6 Å². The molecular weight excluding hydrogens is 396 g/mol. The maximum Gasteiger partial charge on any atom is 0.284 e. The van der Waals surface area contributed by atoms with Crippen LogP contribution >= 0.6 is 35.5 Å². The number of piperidine rings is 1. The molecule has 1 aliphatic rings. The van der Waals surface area contributed by atoms with Crippen LogP contribution in [-0.2, 0) is 0 Å². The van der Waals surface area contributed by atoms with Gasteiger partial charge in [-0.1, -0.05) is 11.8 Å². The van der Waals surface area contributed by atoms with Crippen LogP contribution in [0.5, 0.6) is 0 Å². The van der Waals surface area contributed by atoms with E-state index < -0.39 is 4.92 Å². The topological polar surface area (TPSA) is 97.2 Å². The highest BCUT2D eigenvalue weighted by Gasteiger charge is 2.21. The van der Waals surface area contributed by atoms with Crippen molar-refractivity contribution in [3.8, 4) is 0 Å². The fourth-order valence-electron chi connectivity index (χ4n) is 2.60. The molecule has 140 valence electrons. The third-order valence-electron chi connectivity index (χ3n) is 3.85. The molecule has 0 spiro atoms. The third kappa shape index (κ3) is 5.16. The van der Waals surface area contributed by atoms with Gasteiger partial charge < -0.3 is 10.6 Å². The van der Waals surface area contributed by atoms with Gasteiger partial charge in [0.1, 0.15) is 0 Å². The molecule has 3 rings (SSSR count). The Morgan fingerprint density at radius 1 is 1.50 bits per heavy atom. The number of rotatable bonds is 5. The number of nitro groups is 1. The Morgan fingerprint density at radius 3 is 2.92 bits per heavy atom. The molecule has 10 heteroatoms. The first kappa shape index (κ1) is 20.6. The Labute approximate surface area is 165 Å². The minimum absolute atomic E-state index is 0. The van der Waals surface area contributed by atoms with Crippen LogP contribution in [0.1, 0.15) is 28.9 Å². The van der Waals surface area contributed by atoms with Crippen molar-refractivity contribution in [3.05, 3.63) is 45.0 Å². The Morgan fingerprint density at radius 2 is 2.31 bits per heavy atom. The molecule has 2 N–H and O–H groups in total. The van der Waals surface area contributed by atoms with Crippen molar-refractivity contribution >= 4 is 47.1 Å². The highest BCUT2D eigenvalue weighted by molar-refractivity contribution is 8.01. The highest BCUT2D eigenvalue weighted by Crippen LogP contribution is 2.36. The van der Waals surface area contributed by atoms with Gasteiger partial charge in [-0.3, -0.25) is 14.9 Å². The molecule has 0 bridgehead atoms. The monoisotopic (exact) mass is 414 g/mol. The van der Waals surface area contributed by atoms with Crippen LogP contribution in [0.3, 0.4) is 0 Å². The summed E-state index contributed by atoms with van der Waals surface area (Å²) in [5.41, 5.74) is 1.11. The summed E-state index contributed by atoms with van der Waals surface area (Å²) in [6.07, 6.45) is 1.92. The first-order valence-electron chi connectivity index (χ1n) is 7.93. The lowest BCUT2D eigenvalue weighted by atomic mass is 10.1. The fraction of sp³-hybridized carbons (Fsp3) is 0.375. The number of amides is 1. The summed E-state index contributed by atoms with van der Waals surface area (Å²) in [5.74, 6) is -0.279. The van der Waals surface area contributed by atoms with Gasteiger partial charge in [0, 0.05) is 35.3 Å². The first-order valence-corrected chi connectivity index (χ1v) is 9.62. The van der Waals surface area contributed by atoms with E-state index in [0.29, 0.717) is 10.5 Å². The molecule has 1 aromatic carbocycles. The molecule has 1 saturated heterocycles. The van der Waals surface area contributed by atoms with Crippen LogP contribution in [0.2, 0.25) is 0 Å². The van der Waals surface area contributed by atoms with Crippen LogP contribution in [0.15, 0.2) is 32.8 Å². The molecule has 0 aliphatic carbocycles. The first-order chi connectivity index (χ1) is 12.0. The van der Waals surface area contributed by atoms with Gasteiger partial charge in [0.25, 0.3) is 11.6 Å². The number of hydrogen-bond donors (Lipinski definition) is 2. The molecule has 2 heterocycles. The number of aryl methyl sites for hydroxylation is 1. The average molecular weight is 415 g/mol. The fourth-order valence-corrected chi connectivity index (χ4v) is 4.48. The van der Waals surface area contributed by atoms with E-state index in [9.17, 15) is 14.9 Å². The second-order valence-corrected chi connectivity index (χ2v) is 7.96. The summed E-state index contributed by atoms with van der Waals surface area (Å²) in [7, 11) is 0. The molecule has 1 fully saturated rings. The summed E-state index contributed by atoms with van der Waals surface area (Å²) in [4.78, 5) is 28.1. The molecule has 26 heavy (non-hydrogen) atoms. The molecule has 1 aliphatic heterocycles. The molecule has 1 amide bonds. The zero-order valence-corrected chi connectivity index (χ0v) is 16.5. The Bertz CT molecular complexity index is 794. The van der Waals surface area contributed by atoms with E-state index in [4.69, 9.17) is 0 Å². The number of nitrogens with one attached hydrogen (secondary N) is 2. The number of aromatic nitrogens is 1. The third-order valence-corrected chi connectivity index (χ3v) is 5.97. The number of hydrogen-bond acceptors (Lipinski definition) is 7. The maximum atomic E-state index is 12.4. The van der Waals surface area contributed by atoms with Crippen molar-refractivity contribution in [2.75, 3.05) is 13.1 Å². The summed E-state index contributed by atoms with van der Waals surface area (Å²) < 4.78 is 0.742. The predicted molar refractivity (Wildman–Crippen MR) is 105 cm³/mol. The SMILES string of the molecule is Cc1csc(Sc2ccc(C(=O)NC3CCCNC3)cc2[N+](=O)[O-])n1.Cl. The van der Waals surface area contributed by atoms with Gasteiger partial charge in [-0.15, -0.1) is 23.7 Å². The molecule has 0 radical (unpaired) electrons. The van der Waals surface area contributed by atoms with Crippen molar-refractivity contribution < 1.29 is 9.72 Å². The van der Waals surface area contributed by atoms with E-state index in [0.717, 1.165) is 36.0 Å².